The van der Waals surface area contributed by atoms with Gasteiger partial charge in [0.05, 0.1) is 16.4 Å². The van der Waals surface area contributed by atoms with Crippen molar-refractivity contribution in [2.24, 2.45) is 0 Å². The van der Waals surface area contributed by atoms with E-state index in [-0.39, 0.29) is 5.56 Å². The van der Waals surface area contributed by atoms with Crippen molar-refractivity contribution in [1.82, 2.24) is 19.7 Å². The van der Waals surface area contributed by atoms with Crippen LogP contribution in [0.1, 0.15) is 0 Å². The van der Waals surface area contributed by atoms with Crippen LogP contribution < -0.4 is 5.56 Å². The fraction of sp³-hybridized carbons (Fsp3) is 0. The second-order valence-corrected chi connectivity index (χ2v) is 4.50. The molecule has 1 N–H and O–H groups in total. The summed E-state index contributed by atoms with van der Waals surface area (Å²) in [5.41, 5.74) is 1.50. The van der Waals surface area contributed by atoms with E-state index in [2.05, 4.69) is 15.1 Å². The lowest BCUT2D eigenvalue weighted by atomic mass is 10.2. The molecule has 0 radical (unpaired) electrons. The molecule has 0 bridgehead atoms. The van der Waals surface area contributed by atoms with Gasteiger partial charge in [0.25, 0.3) is 5.56 Å². The van der Waals surface area contributed by atoms with Gasteiger partial charge >= 0.3 is 0 Å². The molecule has 20 heavy (non-hydrogen) atoms. The summed E-state index contributed by atoms with van der Waals surface area (Å²) < 4.78 is 1.44. The molecule has 0 aliphatic rings. The van der Waals surface area contributed by atoms with Crippen LogP contribution in [0.2, 0.25) is 0 Å². The highest BCUT2D eigenvalue weighted by molar-refractivity contribution is 6.02. The SMILES string of the molecule is O=c1c2cnc3ccccc3c2[nH]n1-c1ccccn1. The van der Waals surface area contributed by atoms with Gasteiger partial charge in [-0.3, -0.25) is 14.9 Å². The van der Waals surface area contributed by atoms with E-state index in [1.165, 1.54) is 4.68 Å². The maximum absolute atomic E-state index is 12.4. The van der Waals surface area contributed by atoms with E-state index in [4.69, 9.17) is 0 Å². The van der Waals surface area contributed by atoms with Crippen molar-refractivity contribution in [2.45, 2.75) is 0 Å². The lowest BCUT2D eigenvalue weighted by molar-refractivity contribution is 0.832. The van der Waals surface area contributed by atoms with Crippen LogP contribution in [-0.4, -0.2) is 19.7 Å². The van der Waals surface area contributed by atoms with Crippen molar-refractivity contribution < 1.29 is 0 Å². The summed E-state index contributed by atoms with van der Waals surface area (Å²) >= 11 is 0. The minimum absolute atomic E-state index is 0.142. The minimum Gasteiger partial charge on any atom is -0.288 e. The number of benzene rings is 1. The topological polar surface area (TPSA) is 63.6 Å². The van der Waals surface area contributed by atoms with Gasteiger partial charge in [-0.05, 0) is 18.2 Å². The molecule has 0 amide bonds. The monoisotopic (exact) mass is 262 g/mol. The van der Waals surface area contributed by atoms with Gasteiger partial charge in [0.15, 0.2) is 5.82 Å². The van der Waals surface area contributed by atoms with Gasteiger partial charge < -0.3 is 0 Å². The lowest BCUT2D eigenvalue weighted by Gasteiger charge is -1.98. The molecule has 4 rings (SSSR count). The van der Waals surface area contributed by atoms with Gasteiger partial charge in [-0.15, -0.1) is 0 Å². The number of fused-ring (bicyclic) bond motifs is 3. The zero-order chi connectivity index (χ0) is 13.5. The molecule has 96 valence electrons. The summed E-state index contributed by atoms with van der Waals surface area (Å²) in [6, 6.07) is 13.2. The predicted molar refractivity (Wildman–Crippen MR) is 77.0 cm³/mol. The summed E-state index contributed by atoms with van der Waals surface area (Å²) in [6.07, 6.45) is 3.26. The smallest absolute Gasteiger partial charge is 0.282 e. The number of pyridine rings is 2. The molecule has 0 saturated heterocycles. The van der Waals surface area contributed by atoms with E-state index in [1.54, 1.807) is 18.5 Å². The van der Waals surface area contributed by atoms with Gasteiger partial charge in [-0.25, -0.2) is 9.67 Å². The van der Waals surface area contributed by atoms with Crippen LogP contribution >= 0.6 is 0 Å². The van der Waals surface area contributed by atoms with Crippen molar-refractivity contribution in [1.29, 1.82) is 0 Å². The molecule has 3 aromatic heterocycles. The molecule has 0 fully saturated rings. The highest BCUT2D eigenvalue weighted by atomic mass is 16.1. The number of aromatic amines is 1. The Bertz CT molecular complexity index is 969. The van der Waals surface area contributed by atoms with E-state index in [9.17, 15) is 4.79 Å². The number of nitrogens with zero attached hydrogens (tertiary/aromatic N) is 3. The van der Waals surface area contributed by atoms with Crippen LogP contribution in [0, 0.1) is 0 Å². The Kier molecular flexibility index (Phi) is 2.20. The third-order valence-corrected chi connectivity index (χ3v) is 3.31. The molecule has 0 saturated carbocycles. The number of aromatic nitrogens is 4. The molecule has 5 nitrogen and oxygen atoms in total. The fourth-order valence-corrected chi connectivity index (χ4v) is 2.35. The number of rotatable bonds is 1. The highest BCUT2D eigenvalue weighted by Gasteiger charge is 2.11. The quantitative estimate of drug-likeness (QED) is 0.572. The Balaban J connectivity index is 2.13. The Hall–Kier alpha value is -2.95. The summed E-state index contributed by atoms with van der Waals surface area (Å²) in [5, 5.41) is 4.62. The highest BCUT2D eigenvalue weighted by Crippen LogP contribution is 2.19. The van der Waals surface area contributed by atoms with E-state index in [1.807, 2.05) is 36.4 Å². The first-order chi connectivity index (χ1) is 9.84. The number of para-hydroxylation sites is 1. The molecule has 0 aliphatic heterocycles. The van der Waals surface area contributed by atoms with E-state index < -0.39 is 0 Å². The summed E-state index contributed by atoms with van der Waals surface area (Å²) in [4.78, 5) is 20.9. The number of nitrogens with one attached hydrogen (secondary N) is 1. The van der Waals surface area contributed by atoms with Crippen LogP contribution in [0.15, 0.2) is 59.7 Å². The standard InChI is InChI=1S/C15H10N4O/c20-15-11-9-17-12-6-2-1-5-10(12)14(11)18-19(15)13-7-3-4-8-16-13/h1-9,18H. The number of hydrogen-bond donors (Lipinski definition) is 1. The first kappa shape index (κ1) is 10.9. The summed E-state index contributed by atoms with van der Waals surface area (Å²) in [7, 11) is 0. The second kappa shape index (κ2) is 4.03. The predicted octanol–water partition coefficient (Wildman–Crippen LogP) is 2.26. The third-order valence-electron chi connectivity index (χ3n) is 3.31. The summed E-state index contributed by atoms with van der Waals surface area (Å²) in [5.74, 6) is 0.567. The molecular formula is C15H10N4O. The van der Waals surface area contributed by atoms with Crippen molar-refractivity contribution in [3.05, 3.63) is 65.2 Å². The van der Waals surface area contributed by atoms with Crippen LogP contribution in [0.3, 0.4) is 0 Å². The minimum atomic E-state index is -0.142. The summed E-state index contributed by atoms with van der Waals surface area (Å²) in [6.45, 7) is 0. The Morgan fingerprint density at radius 2 is 1.80 bits per heavy atom. The molecule has 0 aliphatic carbocycles. The maximum Gasteiger partial charge on any atom is 0.282 e. The first-order valence-electron chi connectivity index (χ1n) is 6.24. The normalized spacial score (nSPS) is 11.2. The van der Waals surface area contributed by atoms with E-state index in [0.717, 1.165) is 16.4 Å². The van der Waals surface area contributed by atoms with Crippen molar-refractivity contribution in [3.63, 3.8) is 0 Å². The van der Waals surface area contributed by atoms with Crippen LogP contribution in [-0.2, 0) is 0 Å². The van der Waals surface area contributed by atoms with Crippen molar-refractivity contribution >= 4 is 21.8 Å². The van der Waals surface area contributed by atoms with E-state index in [0.29, 0.717) is 11.2 Å². The lowest BCUT2D eigenvalue weighted by Crippen LogP contribution is -2.15. The van der Waals surface area contributed by atoms with Crippen molar-refractivity contribution in [2.75, 3.05) is 0 Å². The van der Waals surface area contributed by atoms with Crippen LogP contribution in [0.25, 0.3) is 27.6 Å². The molecule has 0 spiro atoms. The second-order valence-electron chi connectivity index (χ2n) is 4.50. The molecule has 5 heteroatoms. The number of H-pyrrole nitrogens is 1. The van der Waals surface area contributed by atoms with Gasteiger partial charge in [0, 0.05) is 17.8 Å². The van der Waals surface area contributed by atoms with Crippen molar-refractivity contribution in [3.8, 4) is 5.82 Å². The van der Waals surface area contributed by atoms with Crippen LogP contribution in [0.5, 0.6) is 0 Å². The molecule has 4 aromatic rings. The fourth-order valence-electron chi connectivity index (χ4n) is 2.35. The van der Waals surface area contributed by atoms with E-state index >= 15 is 0 Å². The molecular weight excluding hydrogens is 252 g/mol. The van der Waals surface area contributed by atoms with Gasteiger partial charge in [0.2, 0.25) is 0 Å². The molecule has 3 heterocycles. The molecule has 0 unspecified atom stereocenters. The largest absolute Gasteiger partial charge is 0.288 e. The molecule has 0 atom stereocenters. The Morgan fingerprint density at radius 1 is 0.950 bits per heavy atom. The molecule has 1 aromatic carbocycles. The van der Waals surface area contributed by atoms with Crippen LogP contribution in [0.4, 0.5) is 0 Å². The first-order valence-corrected chi connectivity index (χ1v) is 6.24. The Labute approximate surface area is 113 Å². The number of hydrogen-bond acceptors (Lipinski definition) is 3. The van der Waals surface area contributed by atoms with Gasteiger partial charge in [-0.1, -0.05) is 24.3 Å². The average molecular weight is 262 g/mol. The van der Waals surface area contributed by atoms with Gasteiger partial charge in [0.1, 0.15) is 0 Å². The average Bonchev–Trinajstić information content (AvgIpc) is 2.86. The van der Waals surface area contributed by atoms with Gasteiger partial charge in [-0.2, -0.15) is 0 Å². The Morgan fingerprint density at radius 3 is 2.65 bits per heavy atom. The third kappa shape index (κ3) is 1.46. The zero-order valence-electron chi connectivity index (χ0n) is 10.4. The maximum atomic E-state index is 12.4. The zero-order valence-corrected chi connectivity index (χ0v) is 10.4.